The first-order chi connectivity index (χ1) is 8.61. The van der Waals surface area contributed by atoms with Crippen molar-refractivity contribution in [3.8, 4) is 0 Å². The molecule has 1 unspecified atom stereocenters. The highest BCUT2D eigenvalue weighted by molar-refractivity contribution is 5.90. The largest absolute Gasteiger partial charge is 0.332 e. The second-order valence-electron chi connectivity index (χ2n) is 4.24. The van der Waals surface area contributed by atoms with Crippen LogP contribution in [-0.2, 0) is 7.05 Å². The fourth-order valence-electron chi connectivity index (χ4n) is 1.75. The number of hydrogen-bond acceptors (Lipinski definition) is 3. The fourth-order valence-corrected chi connectivity index (χ4v) is 1.75. The van der Waals surface area contributed by atoms with E-state index in [9.17, 15) is 4.79 Å². The summed E-state index contributed by atoms with van der Waals surface area (Å²) in [7, 11) is 3.58. The van der Waals surface area contributed by atoms with E-state index in [4.69, 9.17) is 0 Å². The number of hydrogen-bond donors (Lipinski definition) is 0. The van der Waals surface area contributed by atoms with Crippen molar-refractivity contribution >= 4 is 5.91 Å². The van der Waals surface area contributed by atoms with Crippen molar-refractivity contribution in [1.29, 1.82) is 0 Å². The molecule has 0 aromatic carbocycles. The number of amides is 1. The SMILES string of the molecule is CC(c1cccnc1)N(C)C(=O)c1nccn1C. The molecule has 0 saturated heterocycles. The molecule has 2 heterocycles. The Kier molecular flexibility index (Phi) is 3.41. The Morgan fingerprint density at radius 2 is 2.22 bits per heavy atom. The molecule has 0 saturated carbocycles. The van der Waals surface area contributed by atoms with Gasteiger partial charge in [0.15, 0.2) is 5.82 Å². The molecule has 2 aromatic rings. The predicted octanol–water partition coefficient (Wildman–Crippen LogP) is 1.65. The molecule has 0 aliphatic heterocycles. The molecule has 18 heavy (non-hydrogen) atoms. The maximum atomic E-state index is 12.3. The van der Waals surface area contributed by atoms with Crippen LogP contribution in [0.25, 0.3) is 0 Å². The number of aromatic nitrogens is 3. The van der Waals surface area contributed by atoms with E-state index in [1.54, 1.807) is 41.3 Å². The van der Waals surface area contributed by atoms with Gasteiger partial charge >= 0.3 is 0 Å². The van der Waals surface area contributed by atoms with Crippen LogP contribution >= 0.6 is 0 Å². The summed E-state index contributed by atoms with van der Waals surface area (Å²) in [6, 6.07) is 3.79. The molecule has 5 nitrogen and oxygen atoms in total. The van der Waals surface area contributed by atoms with Gasteiger partial charge in [-0.1, -0.05) is 6.07 Å². The zero-order valence-corrected chi connectivity index (χ0v) is 10.7. The number of carbonyl (C=O) groups is 1. The van der Waals surface area contributed by atoms with Crippen molar-refractivity contribution in [2.24, 2.45) is 7.05 Å². The molecule has 0 aliphatic rings. The normalized spacial score (nSPS) is 12.2. The number of imidazole rings is 1. The van der Waals surface area contributed by atoms with Crippen LogP contribution in [-0.4, -0.2) is 32.4 Å². The molecular formula is C13H16N4O. The number of carbonyl (C=O) groups excluding carboxylic acids is 1. The van der Waals surface area contributed by atoms with Crippen molar-refractivity contribution in [3.05, 3.63) is 48.3 Å². The van der Waals surface area contributed by atoms with Crippen molar-refractivity contribution in [2.75, 3.05) is 7.05 Å². The van der Waals surface area contributed by atoms with E-state index in [2.05, 4.69) is 9.97 Å². The maximum absolute atomic E-state index is 12.3. The van der Waals surface area contributed by atoms with Gasteiger partial charge in [-0.25, -0.2) is 4.98 Å². The lowest BCUT2D eigenvalue weighted by atomic mass is 10.1. The maximum Gasteiger partial charge on any atom is 0.290 e. The Hall–Kier alpha value is -2.17. The van der Waals surface area contributed by atoms with E-state index >= 15 is 0 Å². The van der Waals surface area contributed by atoms with E-state index in [-0.39, 0.29) is 11.9 Å². The summed E-state index contributed by atoms with van der Waals surface area (Å²) < 4.78 is 1.72. The molecule has 2 aromatic heterocycles. The number of aryl methyl sites for hydroxylation is 1. The van der Waals surface area contributed by atoms with E-state index in [1.165, 1.54) is 0 Å². The second kappa shape index (κ2) is 5.00. The van der Waals surface area contributed by atoms with Gasteiger partial charge in [0.2, 0.25) is 0 Å². The van der Waals surface area contributed by atoms with Gasteiger partial charge in [-0.05, 0) is 18.6 Å². The average Bonchev–Trinajstić information content (AvgIpc) is 2.83. The molecule has 1 atom stereocenters. The van der Waals surface area contributed by atoms with Gasteiger partial charge in [0.1, 0.15) is 0 Å². The number of pyridine rings is 1. The highest BCUT2D eigenvalue weighted by Gasteiger charge is 2.21. The second-order valence-corrected chi connectivity index (χ2v) is 4.24. The van der Waals surface area contributed by atoms with Gasteiger partial charge in [0.05, 0.1) is 6.04 Å². The Bertz CT molecular complexity index is 535. The topological polar surface area (TPSA) is 51.0 Å². The number of rotatable bonds is 3. The van der Waals surface area contributed by atoms with Gasteiger partial charge in [-0.3, -0.25) is 9.78 Å². The van der Waals surface area contributed by atoms with Gasteiger partial charge in [-0.2, -0.15) is 0 Å². The quantitative estimate of drug-likeness (QED) is 0.825. The highest BCUT2D eigenvalue weighted by atomic mass is 16.2. The molecule has 0 spiro atoms. The Morgan fingerprint density at radius 3 is 2.78 bits per heavy atom. The van der Waals surface area contributed by atoms with Crippen molar-refractivity contribution < 1.29 is 4.79 Å². The Balaban J connectivity index is 2.20. The molecule has 0 aliphatic carbocycles. The van der Waals surface area contributed by atoms with Crippen molar-refractivity contribution in [1.82, 2.24) is 19.4 Å². The smallest absolute Gasteiger partial charge is 0.290 e. The van der Waals surface area contributed by atoms with Crippen LogP contribution in [0, 0.1) is 0 Å². The van der Waals surface area contributed by atoms with Crippen LogP contribution in [0.15, 0.2) is 36.9 Å². The molecule has 2 rings (SSSR count). The minimum Gasteiger partial charge on any atom is -0.332 e. The summed E-state index contributed by atoms with van der Waals surface area (Å²) in [5.74, 6) is 0.340. The van der Waals surface area contributed by atoms with Crippen LogP contribution in [0.1, 0.15) is 29.1 Å². The molecule has 94 valence electrons. The van der Waals surface area contributed by atoms with E-state index in [1.807, 2.05) is 26.1 Å². The molecule has 1 amide bonds. The van der Waals surface area contributed by atoms with E-state index in [0.717, 1.165) is 5.56 Å². The average molecular weight is 244 g/mol. The standard InChI is InChI=1S/C13H16N4O/c1-10(11-5-4-6-14-9-11)17(3)13(18)12-15-7-8-16(12)2/h4-10H,1-3H3. The van der Waals surface area contributed by atoms with Gasteiger partial charge in [0.25, 0.3) is 5.91 Å². The molecular weight excluding hydrogens is 228 g/mol. The molecule has 0 fully saturated rings. The first-order valence-corrected chi connectivity index (χ1v) is 5.75. The van der Waals surface area contributed by atoms with Crippen LogP contribution in [0.4, 0.5) is 0 Å². The molecule has 0 bridgehead atoms. The lowest BCUT2D eigenvalue weighted by Crippen LogP contribution is -2.31. The third-order valence-electron chi connectivity index (χ3n) is 3.08. The van der Waals surface area contributed by atoms with Gasteiger partial charge in [0, 0.05) is 38.9 Å². The van der Waals surface area contributed by atoms with E-state index in [0.29, 0.717) is 5.82 Å². The fraction of sp³-hybridized carbons (Fsp3) is 0.308. The van der Waals surface area contributed by atoms with Crippen LogP contribution < -0.4 is 0 Å². The Labute approximate surface area is 106 Å². The zero-order chi connectivity index (χ0) is 13.1. The predicted molar refractivity (Wildman–Crippen MR) is 68.0 cm³/mol. The lowest BCUT2D eigenvalue weighted by molar-refractivity contribution is 0.0726. The highest BCUT2D eigenvalue weighted by Crippen LogP contribution is 2.18. The summed E-state index contributed by atoms with van der Waals surface area (Å²) in [5.41, 5.74) is 1.00. The summed E-state index contributed by atoms with van der Waals surface area (Å²) in [5, 5.41) is 0. The molecule has 0 radical (unpaired) electrons. The third-order valence-corrected chi connectivity index (χ3v) is 3.08. The minimum absolute atomic E-state index is 0.0390. The van der Waals surface area contributed by atoms with Crippen LogP contribution in [0.2, 0.25) is 0 Å². The monoisotopic (exact) mass is 244 g/mol. The summed E-state index contributed by atoms with van der Waals surface area (Å²) >= 11 is 0. The van der Waals surface area contributed by atoms with Gasteiger partial charge in [-0.15, -0.1) is 0 Å². The van der Waals surface area contributed by atoms with Gasteiger partial charge < -0.3 is 9.47 Å². The minimum atomic E-state index is -0.0983. The lowest BCUT2D eigenvalue weighted by Gasteiger charge is -2.24. The third kappa shape index (κ3) is 2.25. The first-order valence-electron chi connectivity index (χ1n) is 5.75. The summed E-state index contributed by atoms with van der Waals surface area (Å²) in [6.45, 7) is 1.97. The van der Waals surface area contributed by atoms with Crippen molar-refractivity contribution in [2.45, 2.75) is 13.0 Å². The van der Waals surface area contributed by atoms with Crippen LogP contribution in [0.3, 0.4) is 0 Å². The zero-order valence-electron chi connectivity index (χ0n) is 10.7. The number of nitrogens with zero attached hydrogens (tertiary/aromatic N) is 4. The van der Waals surface area contributed by atoms with Crippen molar-refractivity contribution in [3.63, 3.8) is 0 Å². The summed E-state index contributed by atoms with van der Waals surface area (Å²) in [4.78, 5) is 22.1. The van der Waals surface area contributed by atoms with Crippen LogP contribution in [0.5, 0.6) is 0 Å². The summed E-state index contributed by atoms with van der Waals surface area (Å²) in [6.07, 6.45) is 6.87. The molecule has 0 N–H and O–H groups in total. The van der Waals surface area contributed by atoms with E-state index < -0.39 is 0 Å². The molecule has 5 heteroatoms. The first kappa shape index (κ1) is 12.3. The Morgan fingerprint density at radius 1 is 1.44 bits per heavy atom.